The molecule has 2 unspecified atom stereocenters. The number of carbonyl (C=O) groups excluding carboxylic acids is 4. The number of esters is 4. The average Bonchev–Trinajstić information content (AvgIpc) is 0.974. The molecule has 0 rings (SSSR count). The zero-order chi connectivity index (χ0) is 72.1. The van der Waals surface area contributed by atoms with Crippen molar-refractivity contribution in [3.05, 3.63) is 0 Å². The van der Waals surface area contributed by atoms with E-state index >= 15 is 0 Å². The van der Waals surface area contributed by atoms with Gasteiger partial charge in [-0.2, -0.15) is 0 Å². The first-order valence-corrected chi connectivity index (χ1v) is 44.0. The van der Waals surface area contributed by atoms with Gasteiger partial charge in [-0.15, -0.1) is 0 Å². The van der Waals surface area contributed by atoms with Crippen LogP contribution in [0.15, 0.2) is 0 Å². The van der Waals surface area contributed by atoms with Gasteiger partial charge in [0, 0.05) is 25.7 Å². The van der Waals surface area contributed by atoms with E-state index in [0.29, 0.717) is 31.6 Å². The molecule has 0 aromatic rings. The highest BCUT2D eigenvalue weighted by atomic mass is 31.2. The van der Waals surface area contributed by atoms with E-state index in [0.717, 1.165) is 102 Å². The van der Waals surface area contributed by atoms with Crippen molar-refractivity contribution >= 4 is 39.5 Å². The summed E-state index contributed by atoms with van der Waals surface area (Å²) in [6.07, 6.45) is 59.7. The highest BCUT2D eigenvalue weighted by molar-refractivity contribution is 7.47. The molecule has 98 heavy (non-hydrogen) atoms. The summed E-state index contributed by atoms with van der Waals surface area (Å²) in [5, 5.41) is 10.6. The van der Waals surface area contributed by atoms with Gasteiger partial charge in [-0.3, -0.25) is 37.3 Å². The Balaban J connectivity index is 5.23. The lowest BCUT2D eigenvalue weighted by molar-refractivity contribution is -0.161. The molecule has 0 aliphatic rings. The van der Waals surface area contributed by atoms with E-state index in [4.69, 9.17) is 37.0 Å². The number of hydrogen-bond acceptors (Lipinski definition) is 15. The molecule has 0 amide bonds. The first-order valence-electron chi connectivity index (χ1n) is 41.0. The van der Waals surface area contributed by atoms with E-state index in [2.05, 4.69) is 41.5 Å². The predicted octanol–water partition coefficient (Wildman–Crippen LogP) is 23.5. The second-order valence-corrected chi connectivity index (χ2v) is 32.3. The Labute approximate surface area is 600 Å². The monoisotopic (exact) mass is 1440 g/mol. The molecule has 0 saturated carbocycles. The number of carbonyl (C=O) groups is 4. The lowest BCUT2D eigenvalue weighted by atomic mass is 10.0. The Bertz CT molecular complexity index is 1890. The Hall–Kier alpha value is -1.94. The summed E-state index contributed by atoms with van der Waals surface area (Å²) in [6.45, 7) is 9.59. The topological polar surface area (TPSA) is 237 Å². The highest BCUT2D eigenvalue weighted by Gasteiger charge is 2.30. The predicted molar refractivity (Wildman–Crippen MR) is 400 cm³/mol. The molecule has 0 heterocycles. The standard InChI is InChI=1S/C79H154O17P2/c1-7-9-11-13-15-17-19-21-22-23-24-25-26-30-35-39-45-52-58-64-79(84)95-74(67-89-76(81)61-55-49-43-37-33-31-27-29-32-36-41-47-53-59-71(3)4)69-93-97(85,86)91-65-73(80)66-92-98(87,88)94-70-75(68-90-77(82)62-56-50-46-40-42-48-54-60-72(5)6)96-78(83)63-57-51-44-38-34-28-20-18-16-14-12-10-8-2/h71-75,80H,7-70H2,1-6H3,(H,85,86)(H,87,88)/t73-,74-,75-/m1/s1. The third-order valence-electron chi connectivity index (χ3n) is 18.5. The van der Waals surface area contributed by atoms with Crippen molar-refractivity contribution < 1.29 is 80.2 Å². The van der Waals surface area contributed by atoms with Crippen LogP contribution in [0.25, 0.3) is 0 Å². The van der Waals surface area contributed by atoms with Crippen molar-refractivity contribution in [2.45, 2.75) is 432 Å². The molecule has 3 N–H and O–H groups in total. The first kappa shape index (κ1) is 96.1. The minimum Gasteiger partial charge on any atom is -0.462 e. The molecule has 0 radical (unpaired) electrons. The quantitative estimate of drug-likeness (QED) is 0.0222. The van der Waals surface area contributed by atoms with Crippen molar-refractivity contribution in [1.29, 1.82) is 0 Å². The van der Waals surface area contributed by atoms with E-state index in [-0.39, 0.29) is 25.7 Å². The third kappa shape index (κ3) is 72.4. The van der Waals surface area contributed by atoms with Crippen LogP contribution < -0.4 is 0 Å². The summed E-state index contributed by atoms with van der Waals surface area (Å²) < 4.78 is 68.6. The minimum atomic E-state index is -4.96. The van der Waals surface area contributed by atoms with Crippen LogP contribution in [0.3, 0.4) is 0 Å². The number of ether oxygens (including phenoxy) is 4. The summed E-state index contributed by atoms with van der Waals surface area (Å²) in [7, 11) is -9.92. The fraction of sp³-hybridized carbons (Fsp3) is 0.949. The van der Waals surface area contributed by atoms with Gasteiger partial charge >= 0.3 is 39.5 Å². The number of hydrogen-bond donors (Lipinski definition) is 3. The number of phosphoric acid groups is 2. The fourth-order valence-corrected chi connectivity index (χ4v) is 13.8. The van der Waals surface area contributed by atoms with Crippen molar-refractivity contribution in [3.63, 3.8) is 0 Å². The van der Waals surface area contributed by atoms with Gasteiger partial charge in [0.15, 0.2) is 12.2 Å². The van der Waals surface area contributed by atoms with E-state index in [1.54, 1.807) is 0 Å². The van der Waals surface area contributed by atoms with Crippen LogP contribution in [0.4, 0.5) is 0 Å². The Morgan fingerprint density at radius 3 is 0.694 bits per heavy atom. The number of aliphatic hydroxyl groups excluding tert-OH is 1. The number of phosphoric ester groups is 2. The van der Waals surface area contributed by atoms with Crippen molar-refractivity contribution in [2.75, 3.05) is 39.6 Å². The van der Waals surface area contributed by atoms with Gasteiger partial charge < -0.3 is 33.8 Å². The van der Waals surface area contributed by atoms with Crippen LogP contribution in [0.2, 0.25) is 0 Å². The zero-order valence-electron chi connectivity index (χ0n) is 64.1. The van der Waals surface area contributed by atoms with Gasteiger partial charge in [0.2, 0.25) is 0 Å². The summed E-state index contributed by atoms with van der Waals surface area (Å²) in [4.78, 5) is 72.9. The van der Waals surface area contributed by atoms with Crippen LogP contribution >= 0.6 is 15.6 Å². The Morgan fingerprint density at radius 2 is 0.469 bits per heavy atom. The maximum absolute atomic E-state index is 13.1. The summed E-state index contributed by atoms with van der Waals surface area (Å²) in [5.41, 5.74) is 0. The molecule has 17 nitrogen and oxygen atoms in total. The Kier molecular flexibility index (Phi) is 69.3. The van der Waals surface area contributed by atoms with Crippen molar-refractivity contribution in [2.24, 2.45) is 11.8 Å². The summed E-state index contributed by atoms with van der Waals surface area (Å²) >= 11 is 0. The lowest BCUT2D eigenvalue weighted by Gasteiger charge is -2.21. The van der Waals surface area contributed by atoms with Gasteiger partial charge in [0.25, 0.3) is 0 Å². The van der Waals surface area contributed by atoms with Crippen LogP contribution in [-0.4, -0.2) is 96.7 Å². The Morgan fingerprint density at radius 1 is 0.276 bits per heavy atom. The maximum atomic E-state index is 13.1. The first-order chi connectivity index (χ1) is 47.4. The molecule has 0 aliphatic heterocycles. The lowest BCUT2D eigenvalue weighted by Crippen LogP contribution is -2.30. The second kappa shape index (κ2) is 70.7. The smallest absolute Gasteiger partial charge is 0.462 e. The largest absolute Gasteiger partial charge is 0.472 e. The number of rotatable bonds is 78. The molecular formula is C79H154O17P2. The van der Waals surface area contributed by atoms with Crippen molar-refractivity contribution in [3.8, 4) is 0 Å². The normalized spacial score (nSPS) is 13.9. The SMILES string of the molecule is CCCCCCCCCCCCCCCCCCCCCC(=O)O[C@H](COC(=O)CCCCCCCCCCCCCCCC(C)C)COP(=O)(O)OC[C@@H](O)COP(=O)(O)OC[C@@H](COC(=O)CCCCCCCCCC(C)C)OC(=O)CCCCCCCCCCCCCCC. The molecule has 0 aromatic heterocycles. The second-order valence-electron chi connectivity index (χ2n) is 29.4. The number of aliphatic hydroxyl groups is 1. The van der Waals surface area contributed by atoms with Gasteiger partial charge in [-0.1, -0.05) is 363 Å². The molecule has 582 valence electrons. The van der Waals surface area contributed by atoms with E-state index in [9.17, 15) is 43.2 Å². The summed E-state index contributed by atoms with van der Waals surface area (Å²) in [6, 6.07) is 0. The molecule has 0 spiro atoms. The highest BCUT2D eigenvalue weighted by Crippen LogP contribution is 2.45. The van der Waals surface area contributed by atoms with Crippen LogP contribution in [0.5, 0.6) is 0 Å². The maximum Gasteiger partial charge on any atom is 0.472 e. The third-order valence-corrected chi connectivity index (χ3v) is 20.4. The molecule has 0 aromatic carbocycles. The molecular weight excluding hydrogens is 1280 g/mol. The van der Waals surface area contributed by atoms with Gasteiger partial charge in [-0.25, -0.2) is 9.13 Å². The van der Waals surface area contributed by atoms with Crippen molar-refractivity contribution in [1.82, 2.24) is 0 Å². The molecule has 19 heteroatoms. The van der Waals surface area contributed by atoms with Gasteiger partial charge in [-0.05, 0) is 37.5 Å². The van der Waals surface area contributed by atoms with E-state index < -0.39 is 97.5 Å². The molecule has 0 bridgehead atoms. The van der Waals surface area contributed by atoms with Gasteiger partial charge in [0.05, 0.1) is 26.4 Å². The van der Waals surface area contributed by atoms with Crippen LogP contribution in [0.1, 0.15) is 414 Å². The molecule has 0 fully saturated rings. The number of unbranched alkanes of at least 4 members (excludes halogenated alkanes) is 48. The van der Waals surface area contributed by atoms with Crippen LogP contribution in [0, 0.1) is 11.8 Å². The van der Waals surface area contributed by atoms with Crippen LogP contribution in [-0.2, 0) is 65.4 Å². The van der Waals surface area contributed by atoms with Gasteiger partial charge in [0.1, 0.15) is 19.3 Å². The average molecular weight is 1440 g/mol. The van der Waals surface area contributed by atoms with E-state index in [1.807, 2.05) is 0 Å². The summed E-state index contributed by atoms with van der Waals surface area (Å²) in [5.74, 6) is -0.615. The molecule has 0 aliphatic carbocycles. The molecule has 5 atom stereocenters. The zero-order valence-corrected chi connectivity index (χ0v) is 65.9. The fourth-order valence-electron chi connectivity index (χ4n) is 12.2. The minimum absolute atomic E-state index is 0.107. The van der Waals surface area contributed by atoms with E-state index in [1.165, 1.54) is 225 Å². The molecule has 0 saturated heterocycles.